The molecule has 3 N–H and O–H groups in total. The Hall–Kier alpha value is -1.06. The van der Waals surface area contributed by atoms with E-state index in [1.54, 1.807) is 7.11 Å². The molecule has 3 nitrogen and oxygen atoms in total. The predicted molar refractivity (Wildman–Crippen MR) is 78.9 cm³/mol. The van der Waals surface area contributed by atoms with Crippen LogP contribution in [0.2, 0.25) is 0 Å². The van der Waals surface area contributed by atoms with Crippen molar-refractivity contribution in [2.24, 2.45) is 17.2 Å². The molecule has 0 amide bonds. The van der Waals surface area contributed by atoms with Crippen LogP contribution in [0.5, 0.6) is 5.75 Å². The zero-order valence-corrected chi connectivity index (χ0v) is 12.3. The minimum absolute atomic E-state index is 0.338. The first kappa shape index (κ1) is 14.4. The molecule has 2 unspecified atom stereocenters. The summed E-state index contributed by atoms with van der Waals surface area (Å²) in [6.07, 6.45) is 4.84. The number of hydrogen-bond donors (Lipinski definition) is 2. The number of hydrazine groups is 1. The van der Waals surface area contributed by atoms with Crippen LogP contribution in [0, 0.1) is 11.3 Å². The molecule has 1 fully saturated rings. The van der Waals surface area contributed by atoms with E-state index in [1.807, 2.05) is 12.1 Å². The van der Waals surface area contributed by atoms with Gasteiger partial charge in [-0.15, -0.1) is 0 Å². The lowest BCUT2D eigenvalue weighted by atomic mass is 9.76. The third kappa shape index (κ3) is 3.28. The largest absolute Gasteiger partial charge is 0.497 e. The number of nitrogens with two attached hydrogens (primary N) is 1. The highest BCUT2D eigenvalue weighted by molar-refractivity contribution is 5.29. The monoisotopic (exact) mass is 262 g/mol. The van der Waals surface area contributed by atoms with Crippen molar-refractivity contribution in [3.05, 3.63) is 29.8 Å². The molecule has 1 aromatic rings. The van der Waals surface area contributed by atoms with Crippen LogP contribution < -0.4 is 16.0 Å². The molecule has 2 atom stereocenters. The fraction of sp³-hybridized carbons (Fsp3) is 0.625. The summed E-state index contributed by atoms with van der Waals surface area (Å²) in [5.41, 5.74) is 4.71. The van der Waals surface area contributed by atoms with E-state index in [4.69, 9.17) is 10.6 Å². The highest BCUT2D eigenvalue weighted by Gasteiger charge is 2.39. The molecular weight excluding hydrogens is 236 g/mol. The number of benzene rings is 1. The summed E-state index contributed by atoms with van der Waals surface area (Å²) in [6, 6.07) is 8.61. The zero-order valence-electron chi connectivity index (χ0n) is 12.3. The Morgan fingerprint density at radius 2 is 2.26 bits per heavy atom. The van der Waals surface area contributed by atoms with Crippen molar-refractivity contribution < 1.29 is 4.74 Å². The summed E-state index contributed by atoms with van der Waals surface area (Å²) < 4.78 is 5.28. The Labute approximate surface area is 116 Å². The van der Waals surface area contributed by atoms with Gasteiger partial charge in [0.05, 0.1) is 7.11 Å². The van der Waals surface area contributed by atoms with Gasteiger partial charge in [-0.2, -0.15) is 0 Å². The van der Waals surface area contributed by atoms with Gasteiger partial charge in [0.25, 0.3) is 0 Å². The van der Waals surface area contributed by atoms with Crippen molar-refractivity contribution >= 4 is 0 Å². The first-order valence-electron chi connectivity index (χ1n) is 7.16. The van der Waals surface area contributed by atoms with Crippen LogP contribution in [-0.4, -0.2) is 13.2 Å². The van der Waals surface area contributed by atoms with E-state index < -0.39 is 0 Å². The Kier molecular flexibility index (Phi) is 4.48. The molecule has 2 rings (SSSR count). The van der Waals surface area contributed by atoms with Crippen LogP contribution >= 0.6 is 0 Å². The van der Waals surface area contributed by atoms with Crippen LogP contribution in [0.3, 0.4) is 0 Å². The molecule has 0 spiro atoms. The first-order chi connectivity index (χ1) is 9.06. The number of nitrogens with one attached hydrogen (secondary N) is 1. The fourth-order valence-electron chi connectivity index (χ4n) is 3.47. The van der Waals surface area contributed by atoms with Gasteiger partial charge < -0.3 is 4.74 Å². The maximum Gasteiger partial charge on any atom is 0.119 e. The van der Waals surface area contributed by atoms with Gasteiger partial charge in [-0.05, 0) is 48.3 Å². The molecule has 0 radical (unpaired) electrons. The summed E-state index contributed by atoms with van der Waals surface area (Å²) in [7, 11) is 1.71. The van der Waals surface area contributed by atoms with Crippen LogP contribution in [0.25, 0.3) is 0 Å². The van der Waals surface area contributed by atoms with Crippen molar-refractivity contribution in [1.82, 2.24) is 5.43 Å². The maximum atomic E-state index is 5.81. The normalized spacial score (nSPS) is 23.3. The first-order valence-corrected chi connectivity index (χ1v) is 7.16. The zero-order chi connectivity index (χ0) is 13.9. The average Bonchev–Trinajstić information content (AvgIpc) is 2.76. The molecule has 0 bridgehead atoms. The highest BCUT2D eigenvalue weighted by Crippen LogP contribution is 2.44. The van der Waals surface area contributed by atoms with Crippen LogP contribution in [0.15, 0.2) is 24.3 Å². The lowest BCUT2D eigenvalue weighted by Crippen LogP contribution is -2.45. The van der Waals surface area contributed by atoms with Crippen molar-refractivity contribution in [1.29, 1.82) is 0 Å². The molecule has 1 saturated carbocycles. The van der Waals surface area contributed by atoms with Gasteiger partial charge in [-0.3, -0.25) is 11.3 Å². The molecule has 0 heterocycles. The van der Waals surface area contributed by atoms with Gasteiger partial charge in [-0.1, -0.05) is 32.4 Å². The van der Waals surface area contributed by atoms with Gasteiger partial charge in [-0.25, -0.2) is 0 Å². The summed E-state index contributed by atoms with van der Waals surface area (Å²) >= 11 is 0. The SMILES string of the molecule is COc1cccc(CC(NN)C2CCCC2(C)C)c1. The Bertz CT molecular complexity index is 417. The second kappa shape index (κ2) is 5.93. The van der Waals surface area contributed by atoms with Crippen molar-refractivity contribution in [3.8, 4) is 5.75 Å². The van der Waals surface area contributed by atoms with Gasteiger partial charge in [0.2, 0.25) is 0 Å². The second-order valence-corrected chi connectivity index (χ2v) is 6.32. The minimum atomic E-state index is 0.338. The lowest BCUT2D eigenvalue weighted by molar-refractivity contribution is 0.196. The molecule has 0 aliphatic heterocycles. The number of methoxy groups -OCH3 is 1. The van der Waals surface area contributed by atoms with E-state index in [0.717, 1.165) is 12.2 Å². The third-order valence-corrected chi connectivity index (χ3v) is 4.63. The van der Waals surface area contributed by atoms with Gasteiger partial charge in [0.15, 0.2) is 0 Å². The standard InChI is InChI=1S/C16H26N2O/c1-16(2)9-5-8-14(16)15(18-17)11-12-6-4-7-13(10-12)19-3/h4,6-7,10,14-15,18H,5,8-9,11,17H2,1-3H3. The van der Waals surface area contributed by atoms with Crippen molar-refractivity contribution in [3.63, 3.8) is 0 Å². The fourth-order valence-corrected chi connectivity index (χ4v) is 3.47. The summed E-state index contributed by atoms with van der Waals surface area (Å²) in [5, 5.41) is 0. The Morgan fingerprint density at radius 3 is 2.84 bits per heavy atom. The molecule has 1 aromatic carbocycles. The lowest BCUT2D eigenvalue weighted by Gasteiger charge is -2.34. The molecular formula is C16H26N2O. The van der Waals surface area contributed by atoms with E-state index in [1.165, 1.54) is 24.8 Å². The summed E-state index contributed by atoms with van der Waals surface area (Å²) in [5.74, 6) is 7.37. The summed E-state index contributed by atoms with van der Waals surface area (Å²) in [6.45, 7) is 4.72. The average molecular weight is 262 g/mol. The molecule has 106 valence electrons. The van der Waals surface area contributed by atoms with E-state index in [0.29, 0.717) is 17.4 Å². The minimum Gasteiger partial charge on any atom is -0.497 e. The highest BCUT2D eigenvalue weighted by atomic mass is 16.5. The third-order valence-electron chi connectivity index (χ3n) is 4.63. The molecule has 19 heavy (non-hydrogen) atoms. The van der Waals surface area contributed by atoms with E-state index in [2.05, 4.69) is 31.4 Å². The number of hydrogen-bond acceptors (Lipinski definition) is 3. The van der Waals surface area contributed by atoms with Crippen LogP contribution in [-0.2, 0) is 6.42 Å². The smallest absolute Gasteiger partial charge is 0.119 e. The maximum absolute atomic E-state index is 5.81. The van der Waals surface area contributed by atoms with E-state index in [-0.39, 0.29) is 0 Å². The van der Waals surface area contributed by atoms with Crippen LogP contribution in [0.4, 0.5) is 0 Å². The van der Waals surface area contributed by atoms with Gasteiger partial charge >= 0.3 is 0 Å². The predicted octanol–water partition coefficient (Wildman–Crippen LogP) is 2.90. The number of ether oxygens (including phenoxy) is 1. The van der Waals surface area contributed by atoms with Crippen molar-refractivity contribution in [2.45, 2.75) is 45.6 Å². The van der Waals surface area contributed by atoms with Crippen LogP contribution in [0.1, 0.15) is 38.7 Å². The molecule has 0 aromatic heterocycles. The summed E-state index contributed by atoms with van der Waals surface area (Å²) in [4.78, 5) is 0. The van der Waals surface area contributed by atoms with Gasteiger partial charge in [0, 0.05) is 6.04 Å². The van der Waals surface area contributed by atoms with Gasteiger partial charge in [0.1, 0.15) is 5.75 Å². The quantitative estimate of drug-likeness (QED) is 0.633. The second-order valence-electron chi connectivity index (χ2n) is 6.32. The Balaban J connectivity index is 2.10. The topological polar surface area (TPSA) is 47.3 Å². The van der Waals surface area contributed by atoms with E-state index in [9.17, 15) is 0 Å². The molecule has 1 aliphatic rings. The number of rotatable bonds is 5. The van der Waals surface area contributed by atoms with Crippen molar-refractivity contribution in [2.75, 3.05) is 7.11 Å². The molecule has 1 aliphatic carbocycles. The molecule has 3 heteroatoms. The Morgan fingerprint density at radius 1 is 1.47 bits per heavy atom. The van der Waals surface area contributed by atoms with E-state index >= 15 is 0 Å². The molecule has 0 saturated heterocycles.